The number of carbonyl (C=O) groups is 2. The zero-order valence-corrected chi connectivity index (χ0v) is 17.0. The molecule has 1 amide bonds. The van der Waals surface area contributed by atoms with Crippen molar-refractivity contribution in [2.75, 3.05) is 25.6 Å². The zero-order valence-electron chi connectivity index (χ0n) is 16.2. The molecule has 28 heavy (non-hydrogen) atoms. The van der Waals surface area contributed by atoms with E-state index in [0.29, 0.717) is 35.5 Å². The van der Waals surface area contributed by atoms with Crippen LogP contribution < -0.4 is 14.8 Å². The number of esters is 1. The molecule has 1 aromatic carbocycles. The number of hydrogen-bond acceptors (Lipinski definition) is 7. The highest BCUT2D eigenvalue weighted by Gasteiger charge is 2.10. The summed E-state index contributed by atoms with van der Waals surface area (Å²) < 4.78 is 15.8. The van der Waals surface area contributed by atoms with Crippen LogP contribution in [0.3, 0.4) is 0 Å². The summed E-state index contributed by atoms with van der Waals surface area (Å²) in [6, 6.07) is 5.46. The van der Waals surface area contributed by atoms with Gasteiger partial charge in [-0.3, -0.25) is 14.9 Å². The number of methoxy groups -OCH3 is 1. The molecule has 0 saturated carbocycles. The average Bonchev–Trinajstić information content (AvgIpc) is 3.11. The summed E-state index contributed by atoms with van der Waals surface area (Å²) >= 11 is 1.25. The number of carbonyl (C=O) groups excluding carboxylic acids is 2. The van der Waals surface area contributed by atoms with Crippen LogP contribution in [0.4, 0.5) is 5.13 Å². The Bertz CT molecular complexity index is 832. The molecular weight excluding hydrogens is 380 g/mol. The predicted octanol–water partition coefficient (Wildman–Crippen LogP) is 3.70. The molecule has 0 aliphatic rings. The molecule has 0 fully saturated rings. The zero-order chi connectivity index (χ0) is 20.4. The molecule has 0 aliphatic heterocycles. The van der Waals surface area contributed by atoms with Crippen molar-refractivity contribution in [1.29, 1.82) is 0 Å². The summed E-state index contributed by atoms with van der Waals surface area (Å²) in [5.74, 6) is 0.621. The van der Waals surface area contributed by atoms with Gasteiger partial charge in [0.1, 0.15) is 0 Å². The Hall–Kier alpha value is -2.87. The molecule has 0 atom stereocenters. The SMILES string of the molecule is CCCOc1ccc(C=CC(=O)Nc2nc(CC(=O)OCC)cs2)cc1OC. The maximum Gasteiger partial charge on any atom is 0.311 e. The minimum absolute atomic E-state index is 0.0856. The van der Waals surface area contributed by atoms with E-state index in [1.165, 1.54) is 17.4 Å². The lowest BCUT2D eigenvalue weighted by atomic mass is 10.2. The molecule has 1 N–H and O–H groups in total. The summed E-state index contributed by atoms with van der Waals surface area (Å²) in [6.07, 6.45) is 4.08. The van der Waals surface area contributed by atoms with Crippen molar-refractivity contribution >= 4 is 34.4 Å². The summed E-state index contributed by atoms with van der Waals surface area (Å²) in [5.41, 5.74) is 1.37. The number of ether oxygens (including phenoxy) is 3. The minimum Gasteiger partial charge on any atom is -0.493 e. The Morgan fingerprint density at radius 3 is 2.79 bits per heavy atom. The molecule has 0 unspecified atom stereocenters. The molecule has 7 nitrogen and oxygen atoms in total. The molecule has 0 saturated heterocycles. The lowest BCUT2D eigenvalue weighted by Crippen LogP contribution is -2.09. The fourth-order valence-corrected chi connectivity index (χ4v) is 2.96. The van der Waals surface area contributed by atoms with Crippen molar-refractivity contribution in [3.8, 4) is 11.5 Å². The van der Waals surface area contributed by atoms with Crippen LogP contribution in [0.5, 0.6) is 11.5 Å². The first-order valence-corrected chi connectivity index (χ1v) is 9.83. The van der Waals surface area contributed by atoms with Crippen LogP contribution in [-0.2, 0) is 20.7 Å². The van der Waals surface area contributed by atoms with Gasteiger partial charge in [0, 0.05) is 11.5 Å². The first-order valence-electron chi connectivity index (χ1n) is 8.95. The van der Waals surface area contributed by atoms with Gasteiger partial charge >= 0.3 is 5.97 Å². The number of nitrogens with one attached hydrogen (secondary N) is 1. The van der Waals surface area contributed by atoms with Crippen LogP contribution >= 0.6 is 11.3 Å². The molecule has 0 aliphatic carbocycles. The number of anilines is 1. The number of benzene rings is 1. The standard InChI is InChI=1S/C20H24N2O5S/c1-4-10-27-16-8-6-14(11-17(16)25-3)7-9-18(23)22-20-21-15(13-28-20)12-19(24)26-5-2/h6-9,11,13H,4-5,10,12H2,1-3H3,(H,21,22,23). The fraction of sp³-hybridized carbons (Fsp3) is 0.350. The maximum absolute atomic E-state index is 12.1. The summed E-state index contributed by atoms with van der Waals surface area (Å²) in [7, 11) is 1.57. The Balaban J connectivity index is 1.94. The molecule has 0 radical (unpaired) electrons. The van der Waals surface area contributed by atoms with Gasteiger partial charge in [0.15, 0.2) is 16.6 Å². The third-order valence-corrected chi connectivity index (χ3v) is 4.30. The predicted molar refractivity (Wildman–Crippen MR) is 109 cm³/mol. The smallest absolute Gasteiger partial charge is 0.311 e. The molecule has 2 aromatic rings. The average molecular weight is 404 g/mol. The molecule has 0 bridgehead atoms. The van der Waals surface area contributed by atoms with Crippen LogP contribution in [0.2, 0.25) is 0 Å². The van der Waals surface area contributed by atoms with Gasteiger partial charge in [0.05, 0.1) is 32.4 Å². The normalized spacial score (nSPS) is 10.7. The molecule has 1 heterocycles. The van der Waals surface area contributed by atoms with Gasteiger partial charge < -0.3 is 14.2 Å². The number of aromatic nitrogens is 1. The van der Waals surface area contributed by atoms with Gasteiger partial charge in [-0.1, -0.05) is 13.0 Å². The molecule has 8 heteroatoms. The van der Waals surface area contributed by atoms with Crippen molar-refractivity contribution in [3.63, 3.8) is 0 Å². The van der Waals surface area contributed by atoms with E-state index in [9.17, 15) is 9.59 Å². The third-order valence-electron chi connectivity index (χ3n) is 3.49. The monoisotopic (exact) mass is 404 g/mol. The lowest BCUT2D eigenvalue weighted by Gasteiger charge is -2.10. The number of amides is 1. The van der Waals surface area contributed by atoms with Gasteiger partial charge in [0.25, 0.3) is 0 Å². The van der Waals surface area contributed by atoms with Crippen molar-refractivity contribution in [2.24, 2.45) is 0 Å². The van der Waals surface area contributed by atoms with E-state index in [0.717, 1.165) is 12.0 Å². The molecule has 150 valence electrons. The van der Waals surface area contributed by atoms with E-state index >= 15 is 0 Å². The third kappa shape index (κ3) is 6.70. The topological polar surface area (TPSA) is 86.8 Å². The van der Waals surface area contributed by atoms with Crippen molar-refractivity contribution in [1.82, 2.24) is 4.98 Å². The van der Waals surface area contributed by atoms with Crippen molar-refractivity contribution < 1.29 is 23.8 Å². The lowest BCUT2D eigenvalue weighted by molar-refractivity contribution is -0.142. The van der Waals surface area contributed by atoms with Crippen LogP contribution in [0.15, 0.2) is 29.7 Å². The van der Waals surface area contributed by atoms with Crippen molar-refractivity contribution in [2.45, 2.75) is 26.7 Å². The molecule has 2 rings (SSSR count). The largest absolute Gasteiger partial charge is 0.493 e. The molecular formula is C20H24N2O5S. The Morgan fingerprint density at radius 1 is 1.25 bits per heavy atom. The van der Waals surface area contributed by atoms with E-state index in [2.05, 4.69) is 10.3 Å². The van der Waals surface area contributed by atoms with E-state index < -0.39 is 0 Å². The van der Waals surface area contributed by atoms with Gasteiger partial charge in [-0.05, 0) is 37.1 Å². The van der Waals surface area contributed by atoms with Crippen LogP contribution in [0.25, 0.3) is 6.08 Å². The number of thiazole rings is 1. The highest BCUT2D eigenvalue weighted by atomic mass is 32.1. The second-order valence-electron chi connectivity index (χ2n) is 5.71. The molecule has 0 spiro atoms. The Labute approximate surface area is 168 Å². The van der Waals surface area contributed by atoms with E-state index in [1.807, 2.05) is 19.1 Å². The van der Waals surface area contributed by atoms with E-state index in [-0.39, 0.29) is 18.3 Å². The minimum atomic E-state index is -0.342. The van der Waals surface area contributed by atoms with Gasteiger partial charge in [-0.25, -0.2) is 4.98 Å². The van der Waals surface area contributed by atoms with Crippen LogP contribution in [0.1, 0.15) is 31.5 Å². The highest BCUT2D eigenvalue weighted by molar-refractivity contribution is 7.14. The fourth-order valence-electron chi connectivity index (χ4n) is 2.24. The number of hydrogen-bond donors (Lipinski definition) is 1. The van der Waals surface area contributed by atoms with Crippen molar-refractivity contribution in [3.05, 3.63) is 40.9 Å². The van der Waals surface area contributed by atoms with E-state index in [4.69, 9.17) is 14.2 Å². The van der Waals surface area contributed by atoms with Gasteiger partial charge in [-0.15, -0.1) is 11.3 Å². The number of rotatable bonds is 10. The summed E-state index contributed by atoms with van der Waals surface area (Å²) in [5, 5.41) is 4.82. The molecule has 1 aromatic heterocycles. The Kier molecular flexibility index (Phi) is 8.48. The quantitative estimate of drug-likeness (QED) is 0.480. The van der Waals surface area contributed by atoms with Crippen LogP contribution in [0, 0.1) is 0 Å². The summed E-state index contributed by atoms with van der Waals surface area (Å²) in [6.45, 7) is 4.72. The van der Waals surface area contributed by atoms with Gasteiger partial charge in [0.2, 0.25) is 5.91 Å². The summed E-state index contributed by atoms with van der Waals surface area (Å²) in [4.78, 5) is 27.8. The van der Waals surface area contributed by atoms with Crippen LogP contribution in [-0.4, -0.2) is 37.2 Å². The maximum atomic E-state index is 12.1. The van der Waals surface area contributed by atoms with Gasteiger partial charge in [-0.2, -0.15) is 0 Å². The highest BCUT2D eigenvalue weighted by Crippen LogP contribution is 2.28. The first kappa shape index (κ1) is 21.4. The van der Waals surface area contributed by atoms with E-state index in [1.54, 1.807) is 31.6 Å². The first-order chi connectivity index (χ1) is 13.5. The second-order valence-corrected chi connectivity index (χ2v) is 6.57. The Morgan fingerprint density at radius 2 is 2.07 bits per heavy atom. The number of nitrogens with zero attached hydrogens (tertiary/aromatic N) is 1. The second kappa shape index (κ2) is 11.1.